The van der Waals surface area contributed by atoms with Crippen LogP contribution in [-0.2, 0) is 26.1 Å². The average Bonchev–Trinajstić information content (AvgIpc) is 3.28. The molecular formula is C21H24N2O5S. The Labute approximate surface area is 170 Å². The largest absolute Gasteiger partial charge is 0.452 e. The van der Waals surface area contributed by atoms with E-state index in [9.17, 15) is 18.0 Å². The fourth-order valence-electron chi connectivity index (χ4n) is 3.11. The minimum atomic E-state index is -3.53. The molecule has 29 heavy (non-hydrogen) atoms. The highest BCUT2D eigenvalue weighted by Crippen LogP contribution is 2.21. The monoisotopic (exact) mass is 416 g/mol. The van der Waals surface area contributed by atoms with Crippen molar-refractivity contribution in [2.45, 2.75) is 24.3 Å². The molecular weight excluding hydrogens is 392 g/mol. The van der Waals surface area contributed by atoms with Crippen LogP contribution in [-0.4, -0.2) is 56.2 Å². The number of rotatable bonds is 7. The third-order valence-corrected chi connectivity index (χ3v) is 6.72. The van der Waals surface area contributed by atoms with Gasteiger partial charge in [0.05, 0.1) is 10.5 Å². The first-order valence-electron chi connectivity index (χ1n) is 9.43. The van der Waals surface area contributed by atoms with E-state index in [2.05, 4.69) is 0 Å². The number of benzene rings is 2. The van der Waals surface area contributed by atoms with E-state index in [1.54, 1.807) is 7.05 Å². The molecule has 1 fully saturated rings. The first kappa shape index (κ1) is 21.0. The Morgan fingerprint density at radius 1 is 1.00 bits per heavy atom. The van der Waals surface area contributed by atoms with Crippen molar-refractivity contribution in [1.82, 2.24) is 9.21 Å². The summed E-state index contributed by atoms with van der Waals surface area (Å²) in [5, 5.41) is 0. The summed E-state index contributed by atoms with van der Waals surface area (Å²) in [4.78, 5) is 26.0. The molecule has 0 spiro atoms. The third-order valence-electron chi connectivity index (χ3n) is 4.81. The second kappa shape index (κ2) is 9.19. The Morgan fingerprint density at radius 3 is 2.24 bits per heavy atom. The fourth-order valence-corrected chi connectivity index (χ4v) is 4.62. The summed E-state index contributed by atoms with van der Waals surface area (Å²) in [7, 11) is -1.89. The molecule has 1 amide bonds. The molecule has 0 bridgehead atoms. The predicted octanol–water partition coefficient (Wildman–Crippen LogP) is 2.29. The average molecular weight is 416 g/mol. The molecule has 0 aromatic heterocycles. The van der Waals surface area contributed by atoms with Crippen molar-refractivity contribution >= 4 is 21.9 Å². The Hall–Kier alpha value is -2.71. The molecule has 0 radical (unpaired) electrons. The summed E-state index contributed by atoms with van der Waals surface area (Å²) >= 11 is 0. The number of ether oxygens (including phenoxy) is 1. The molecule has 3 rings (SSSR count). The number of hydrogen-bond donors (Lipinski definition) is 0. The van der Waals surface area contributed by atoms with Crippen LogP contribution in [0.25, 0.3) is 0 Å². The zero-order chi connectivity index (χ0) is 20.9. The zero-order valence-electron chi connectivity index (χ0n) is 16.3. The van der Waals surface area contributed by atoms with E-state index < -0.39 is 16.0 Å². The molecule has 0 atom stereocenters. The van der Waals surface area contributed by atoms with Crippen LogP contribution in [0.15, 0.2) is 59.5 Å². The summed E-state index contributed by atoms with van der Waals surface area (Å²) in [6.07, 6.45) is 1.72. The van der Waals surface area contributed by atoms with E-state index in [4.69, 9.17) is 4.74 Å². The molecule has 0 N–H and O–H groups in total. The summed E-state index contributed by atoms with van der Waals surface area (Å²) in [6, 6.07) is 15.1. The van der Waals surface area contributed by atoms with Gasteiger partial charge in [-0.3, -0.25) is 4.79 Å². The van der Waals surface area contributed by atoms with Gasteiger partial charge in [-0.1, -0.05) is 30.3 Å². The lowest BCUT2D eigenvalue weighted by atomic mass is 10.2. The normalized spacial score (nSPS) is 14.5. The van der Waals surface area contributed by atoms with E-state index in [1.807, 2.05) is 30.3 Å². The van der Waals surface area contributed by atoms with Gasteiger partial charge in [-0.15, -0.1) is 0 Å². The highest BCUT2D eigenvalue weighted by molar-refractivity contribution is 7.89. The van der Waals surface area contributed by atoms with E-state index in [-0.39, 0.29) is 23.0 Å². The molecule has 2 aromatic rings. The molecule has 0 unspecified atom stereocenters. The van der Waals surface area contributed by atoms with Gasteiger partial charge in [0.2, 0.25) is 10.0 Å². The molecule has 0 aliphatic carbocycles. The lowest BCUT2D eigenvalue weighted by Gasteiger charge is -2.17. The summed E-state index contributed by atoms with van der Waals surface area (Å²) in [5.74, 6) is -0.994. The zero-order valence-corrected chi connectivity index (χ0v) is 17.1. The highest BCUT2D eigenvalue weighted by atomic mass is 32.2. The van der Waals surface area contributed by atoms with Crippen LogP contribution >= 0.6 is 0 Å². The van der Waals surface area contributed by atoms with E-state index >= 15 is 0 Å². The van der Waals surface area contributed by atoms with Gasteiger partial charge >= 0.3 is 5.97 Å². The smallest absolute Gasteiger partial charge is 0.338 e. The number of sulfonamides is 1. The van der Waals surface area contributed by atoms with Crippen LogP contribution in [0.4, 0.5) is 0 Å². The van der Waals surface area contributed by atoms with Crippen molar-refractivity contribution in [1.29, 1.82) is 0 Å². The van der Waals surface area contributed by atoms with Crippen molar-refractivity contribution in [2.24, 2.45) is 0 Å². The van der Waals surface area contributed by atoms with Crippen LogP contribution in [0.2, 0.25) is 0 Å². The molecule has 1 aliphatic rings. The molecule has 7 nitrogen and oxygen atoms in total. The molecule has 2 aromatic carbocycles. The Bertz CT molecular complexity index is 952. The Balaban J connectivity index is 1.54. The molecule has 1 aliphatic heterocycles. The topological polar surface area (TPSA) is 84.0 Å². The molecule has 1 saturated heterocycles. The summed E-state index contributed by atoms with van der Waals surface area (Å²) in [5.41, 5.74) is 1.17. The molecule has 8 heteroatoms. The van der Waals surface area contributed by atoms with Crippen molar-refractivity contribution in [3.05, 3.63) is 65.7 Å². The second-order valence-corrected chi connectivity index (χ2v) is 8.89. The number of hydrogen-bond acceptors (Lipinski definition) is 5. The van der Waals surface area contributed by atoms with Gasteiger partial charge in [0.1, 0.15) is 0 Å². The van der Waals surface area contributed by atoms with Gasteiger partial charge < -0.3 is 9.64 Å². The number of likely N-dealkylation sites (N-methyl/N-ethyl adjacent to an activating group) is 1. The van der Waals surface area contributed by atoms with Crippen LogP contribution < -0.4 is 0 Å². The van der Waals surface area contributed by atoms with E-state index in [0.29, 0.717) is 19.6 Å². The molecule has 1 heterocycles. The van der Waals surface area contributed by atoms with Crippen molar-refractivity contribution in [2.75, 3.05) is 26.7 Å². The van der Waals surface area contributed by atoms with Gasteiger partial charge in [0.25, 0.3) is 5.91 Å². The molecule has 154 valence electrons. The number of amides is 1. The van der Waals surface area contributed by atoms with E-state index in [0.717, 1.165) is 18.4 Å². The van der Waals surface area contributed by atoms with Crippen LogP contribution in [0.1, 0.15) is 28.8 Å². The van der Waals surface area contributed by atoms with E-state index in [1.165, 1.54) is 33.5 Å². The summed E-state index contributed by atoms with van der Waals surface area (Å²) in [6.45, 7) is 1.08. The number of carbonyl (C=O) groups excluding carboxylic acids is 2. The van der Waals surface area contributed by atoms with Crippen molar-refractivity contribution < 1.29 is 22.7 Å². The van der Waals surface area contributed by atoms with Crippen LogP contribution in [0, 0.1) is 0 Å². The quantitative estimate of drug-likeness (QED) is 0.647. The number of carbonyl (C=O) groups is 2. The minimum absolute atomic E-state index is 0.148. The number of nitrogens with zero attached hydrogens (tertiary/aromatic N) is 2. The maximum atomic E-state index is 12.5. The van der Waals surface area contributed by atoms with Gasteiger partial charge in [-0.2, -0.15) is 4.31 Å². The first-order valence-corrected chi connectivity index (χ1v) is 10.9. The SMILES string of the molecule is CN(Cc1ccccc1)C(=O)COC(=O)c1ccc(S(=O)(=O)N2CCCC2)cc1. The maximum Gasteiger partial charge on any atom is 0.338 e. The van der Waals surface area contributed by atoms with Crippen molar-refractivity contribution in [3.8, 4) is 0 Å². The standard InChI is InChI=1S/C21H24N2O5S/c1-22(15-17-7-3-2-4-8-17)20(24)16-28-21(25)18-9-11-19(12-10-18)29(26,27)23-13-5-6-14-23/h2-4,7-12H,5-6,13-16H2,1H3. The Morgan fingerprint density at radius 2 is 1.62 bits per heavy atom. The van der Waals surface area contributed by atoms with Gasteiger partial charge in [-0.25, -0.2) is 13.2 Å². The predicted molar refractivity (Wildman–Crippen MR) is 108 cm³/mol. The maximum absolute atomic E-state index is 12.5. The van der Waals surface area contributed by atoms with Gasteiger partial charge in [0.15, 0.2) is 6.61 Å². The number of esters is 1. The molecule has 0 saturated carbocycles. The van der Waals surface area contributed by atoms with Gasteiger partial charge in [-0.05, 0) is 42.7 Å². The lowest BCUT2D eigenvalue weighted by molar-refractivity contribution is -0.133. The fraction of sp³-hybridized carbons (Fsp3) is 0.333. The lowest BCUT2D eigenvalue weighted by Crippen LogP contribution is -2.30. The first-order chi connectivity index (χ1) is 13.9. The van der Waals surface area contributed by atoms with Gasteiger partial charge in [0, 0.05) is 26.7 Å². The highest BCUT2D eigenvalue weighted by Gasteiger charge is 2.27. The van der Waals surface area contributed by atoms with Crippen LogP contribution in [0.5, 0.6) is 0 Å². The third kappa shape index (κ3) is 5.21. The Kier molecular flexibility index (Phi) is 6.66. The minimum Gasteiger partial charge on any atom is -0.452 e. The second-order valence-electron chi connectivity index (χ2n) is 6.95. The van der Waals surface area contributed by atoms with Crippen LogP contribution in [0.3, 0.4) is 0 Å². The summed E-state index contributed by atoms with van der Waals surface area (Å²) < 4.78 is 31.6. The van der Waals surface area contributed by atoms with Crippen molar-refractivity contribution in [3.63, 3.8) is 0 Å².